The number of phenolic OH excluding ortho intramolecular Hbond substituents is 2. The monoisotopic (exact) mass is 325 g/mol. The van der Waals surface area contributed by atoms with E-state index in [0.29, 0.717) is 11.5 Å². The Labute approximate surface area is 142 Å². The average molecular weight is 325 g/mol. The smallest absolute Gasteiger partial charge is 0.227 e. The van der Waals surface area contributed by atoms with Crippen molar-refractivity contribution in [1.29, 1.82) is 0 Å². The molecule has 2 N–H and O–H groups in total. The molecule has 1 amide bonds. The number of aromatic hydroxyl groups is 2. The van der Waals surface area contributed by atoms with Crippen molar-refractivity contribution >= 4 is 5.91 Å². The maximum Gasteiger partial charge on any atom is 0.227 e. The number of likely N-dealkylation sites (tertiary alicyclic amines) is 1. The Morgan fingerprint density at radius 2 is 1.75 bits per heavy atom. The zero-order valence-electron chi connectivity index (χ0n) is 13.7. The van der Waals surface area contributed by atoms with Crippen LogP contribution in [0.4, 0.5) is 0 Å². The van der Waals surface area contributed by atoms with E-state index in [-0.39, 0.29) is 23.8 Å². The minimum atomic E-state index is -0.0256. The standard InChI is InChI=1S/C20H23NO3/c22-18-7-6-17(19(23)14-18)13-20(24)21-10-8-16(9-11-21)12-15-4-2-1-3-5-15/h1-7,14,16,22-23H,8-13H2. The van der Waals surface area contributed by atoms with Crippen molar-refractivity contribution in [2.24, 2.45) is 5.92 Å². The third kappa shape index (κ3) is 4.07. The highest BCUT2D eigenvalue weighted by atomic mass is 16.3. The maximum atomic E-state index is 12.4. The molecule has 0 aliphatic carbocycles. The van der Waals surface area contributed by atoms with Gasteiger partial charge in [-0.3, -0.25) is 4.79 Å². The molecule has 0 radical (unpaired) electrons. The number of phenols is 2. The van der Waals surface area contributed by atoms with Crippen LogP contribution in [-0.4, -0.2) is 34.1 Å². The summed E-state index contributed by atoms with van der Waals surface area (Å²) in [6.07, 6.45) is 3.28. The largest absolute Gasteiger partial charge is 0.508 e. The second-order valence-corrected chi connectivity index (χ2v) is 6.50. The van der Waals surface area contributed by atoms with Gasteiger partial charge in [0.1, 0.15) is 11.5 Å². The first-order valence-electron chi connectivity index (χ1n) is 8.44. The molecular formula is C20H23NO3. The molecule has 0 atom stereocenters. The van der Waals surface area contributed by atoms with Crippen LogP contribution in [0.2, 0.25) is 0 Å². The third-order valence-electron chi connectivity index (χ3n) is 4.74. The second kappa shape index (κ2) is 7.39. The van der Waals surface area contributed by atoms with Crippen molar-refractivity contribution in [2.45, 2.75) is 25.7 Å². The highest BCUT2D eigenvalue weighted by Crippen LogP contribution is 2.25. The van der Waals surface area contributed by atoms with E-state index in [0.717, 1.165) is 32.4 Å². The van der Waals surface area contributed by atoms with E-state index < -0.39 is 0 Å². The number of hydrogen-bond donors (Lipinski definition) is 2. The molecule has 1 saturated heterocycles. The van der Waals surface area contributed by atoms with Crippen molar-refractivity contribution in [2.75, 3.05) is 13.1 Å². The summed E-state index contributed by atoms with van der Waals surface area (Å²) in [7, 11) is 0. The molecule has 126 valence electrons. The van der Waals surface area contributed by atoms with Crippen molar-refractivity contribution in [3.63, 3.8) is 0 Å². The summed E-state index contributed by atoms with van der Waals surface area (Å²) in [5.41, 5.74) is 1.92. The molecular weight excluding hydrogens is 302 g/mol. The van der Waals surface area contributed by atoms with Gasteiger partial charge in [-0.1, -0.05) is 36.4 Å². The maximum absolute atomic E-state index is 12.4. The third-order valence-corrected chi connectivity index (χ3v) is 4.74. The molecule has 24 heavy (non-hydrogen) atoms. The van der Waals surface area contributed by atoms with Gasteiger partial charge in [-0.2, -0.15) is 0 Å². The molecule has 2 aromatic rings. The van der Waals surface area contributed by atoms with Gasteiger partial charge in [0.15, 0.2) is 0 Å². The summed E-state index contributed by atoms with van der Waals surface area (Å²) < 4.78 is 0. The van der Waals surface area contributed by atoms with Gasteiger partial charge < -0.3 is 15.1 Å². The van der Waals surface area contributed by atoms with Gasteiger partial charge in [0.25, 0.3) is 0 Å². The zero-order valence-corrected chi connectivity index (χ0v) is 13.7. The first-order chi connectivity index (χ1) is 11.6. The van der Waals surface area contributed by atoms with Gasteiger partial charge >= 0.3 is 0 Å². The van der Waals surface area contributed by atoms with Crippen molar-refractivity contribution in [3.05, 3.63) is 59.7 Å². The van der Waals surface area contributed by atoms with Crippen LogP contribution in [0.3, 0.4) is 0 Å². The molecule has 1 heterocycles. The molecule has 0 bridgehead atoms. The van der Waals surface area contributed by atoms with Crippen LogP contribution in [-0.2, 0) is 17.6 Å². The fourth-order valence-electron chi connectivity index (χ4n) is 3.31. The number of benzene rings is 2. The summed E-state index contributed by atoms with van der Waals surface area (Å²) in [5, 5.41) is 19.1. The van der Waals surface area contributed by atoms with Crippen LogP contribution in [0, 0.1) is 5.92 Å². The Kier molecular flexibility index (Phi) is 5.04. The molecule has 4 heteroatoms. The predicted molar refractivity (Wildman–Crippen MR) is 92.9 cm³/mol. The number of nitrogens with zero attached hydrogens (tertiary/aromatic N) is 1. The highest BCUT2D eigenvalue weighted by Gasteiger charge is 2.23. The molecule has 3 rings (SSSR count). The van der Waals surface area contributed by atoms with E-state index in [1.54, 1.807) is 6.07 Å². The van der Waals surface area contributed by atoms with Crippen LogP contribution in [0.25, 0.3) is 0 Å². The van der Waals surface area contributed by atoms with Crippen LogP contribution in [0.1, 0.15) is 24.0 Å². The van der Waals surface area contributed by atoms with Crippen LogP contribution in [0.5, 0.6) is 11.5 Å². The van der Waals surface area contributed by atoms with Crippen molar-refractivity contribution in [3.8, 4) is 11.5 Å². The highest BCUT2D eigenvalue weighted by molar-refractivity contribution is 5.79. The van der Waals surface area contributed by atoms with Crippen molar-refractivity contribution < 1.29 is 15.0 Å². The normalized spacial score (nSPS) is 15.4. The van der Waals surface area contributed by atoms with Gasteiger partial charge in [-0.15, -0.1) is 0 Å². The Hall–Kier alpha value is -2.49. The number of carbonyl (C=O) groups excluding carboxylic acids is 1. The number of hydrogen-bond acceptors (Lipinski definition) is 3. The lowest BCUT2D eigenvalue weighted by molar-refractivity contribution is -0.131. The number of carbonyl (C=O) groups is 1. The van der Waals surface area contributed by atoms with E-state index in [4.69, 9.17) is 0 Å². The quantitative estimate of drug-likeness (QED) is 0.908. The summed E-state index contributed by atoms with van der Waals surface area (Å²) in [6.45, 7) is 1.55. The molecule has 1 aliphatic rings. The number of amides is 1. The van der Waals surface area contributed by atoms with Gasteiger partial charge in [-0.05, 0) is 36.8 Å². The van der Waals surface area contributed by atoms with Gasteiger partial charge in [0, 0.05) is 24.7 Å². The van der Waals surface area contributed by atoms with Gasteiger partial charge in [0.2, 0.25) is 5.91 Å². The van der Waals surface area contributed by atoms with Crippen LogP contribution < -0.4 is 0 Å². The number of piperidine rings is 1. The molecule has 4 nitrogen and oxygen atoms in total. The summed E-state index contributed by atoms with van der Waals surface area (Å²) in [6, 6.07) is 14.9. The number of rotatable bonds is 4. The minimum Gasteiger partial charge on any atom is -0.508 e. The second-order valence-electron chi connectivity index (χ2n) is 6.50. The summed E-state index contributed by atoms with van der Waals surface area (Å²) in [4.78, 5) is 14.3. The van der Waals surface area contributed by atoms with E-state index in [9.17, 15) is 15.0 Å². The average Bonchev–Trinajstić information content (AvgIpc) is 2.59. The summed E-state index contributed by atoms with van der Waals surface area (Å²) in [5.74, 6) is 0.639. The molecule has 0 aromatic heterocycles. The molecule has 0 saturated carbocycles. The van der Waals surface area contributed by atoms with E-state index >= 15 is 0 Å². The van der Waals surface area contributed by atoms with Gasteiger partial charge in [-0.25, -0.2) is 0 Å². The first-order valence-corrected chi connectivity index (χ1v) is 8.44. The fraction of sp³-hybridized carbons (Fsp3) is 0.350. The Balaban J connectivity index is 1.51. The lowest BCUT2D eigenvalue weighted by atomic mass is 9.90. The lowest BCUT2D eigenvalue weighted by Crippen LogP contribution is -2.39. The lowest BCUT2D eigenvalue weighted by Gasteiger charge is -2.32. The minimum absolute atomic E-state index is 0.00502. The SMILES string of the molecule is O=C(Cc1ccc(O)cc1O)N1CCC(Cc2ccccc2)CC1. The Morgan fingerprint density at radius 3 is 2.42 bits per heavy atom. The molecule has 1 aliphatic heterocycles. The Morgan fingerprint density at radius 1 is 1.04 bits per heavy atom. The van der Waals surface area contributed by atoms with Crippen LogP contribution >= 0.6 is 0 Å². The van der Waals surface area contributed by atoms with Gasteiger partial charge in [0.05, 0.1) is 6.42 Å². The van der Waals surface area contributed by atoms with E-state index in [1.807, 2.05) is 11.0 Å². The first kappa shape index (κ1) is 16.4. The molecule has 1 fully saturated rings. The predicted octanol–water partition coefficient (Wildman–Crippen LogP) is 3.12. The topological polar surface area (TPSA) is 60.8 Å². The van der Waals surface area contributed by atoms with Crippen LogP contribution in [0.15, 0.2) is 48.5 Å². The fourth-order valence-corrected chi connectivity index (χ4v) is 3.31. The molecule has 2 aromatic carbocycles. The zero-order chi connectivity index (χ0) is 16.9. The van der Waals surface area contributed by atoms with E-state index in [2.05, 4.69) is 24.3 Å². The molecule has 0 unspecified atom stereocenters. The Bertz CT molecular complexity index is 691. The van der Waals surface area contributed by atoms with Crippen molar-refractivity contribution in [1.82, 2.24) is 4.90 Å². The summed E-state index contributed by atoms with van der Waals surface area (Å²) >= 11 is 0. The van der Waals surface area contributed by atoms with E-state index in [1.165, 1.54) is 17.7 Å². The molecule has 0 spiro atoms.